The van der Waals surface area contributed by atoms with Crippen molar-refractivity contribution in [3.8, 4) is 11.5 Å². The number of primary amides is 2. The fraction of sp³-hybridized carbons (Fsp3) is 0.0556. The van der Waals surface area contributed by atoms with E-state index in [1.54, 1.807) is 42.5 Å². The van der Waals surface area contributed by atoms with E-state index < -0.39 is 11.9 Å². The van der Waals surface area contributed by atoms with Crippen molar-refractivity contribution >= 4 is 40.3 Å². The first-order valence-corrected chi connectivity index (χ1v) is 7.91. The van der Waals surface area contributed by atoms with Crippen molar-refractivity contribution in [2.24, 2.45) is 11.5 Å². The summed E-state index contributed by atoms with van der Waals surface area (Å²) in [5.41, 5.74) is 11.8. The second-order valence-electron chi connectivity index (χ2n) is 5.74. The summed E-state index contributed by atoms with van der Waals surface area (Å²) in [5.74, 6) is 0.318. The maximum atomic E-state index is 11.7. The van der Waals surface area contributed by atoms with Gasteiger partial charge in [0.25, 0.3) is 5.91 Å². The van der Waals surface area contributed by atoms with Crippen molar-refractivity contribution in [3.63, 3.8) is 0 Å². The normalized spacial score (nSPS) is 10.4. The Kier molecular flexibility index (Phi) is 4.67. The molecule has 1 aromatic heterocycles. The van der Waals surface area contributed by atoms with Crippen molar-refractivity contribution in [1.82, 2.24) is 4.98 Å². The maximum Gasteiger partial charge on any atom is 0.317 e. The van der Waals surface area contributed by atoms with Crippen LogP contribution in [0.2, 0.25) is 0 Å². The molecule has 3 rings (SSSR count). The molecule has 9 heteroatoms. The Hall–Kier alpha value is -4.01. The van der Waals surface area contributed by atoms with Crippen LogP contribution >= 0.6 is 0 Å². The molecule has 27 heavy (non-hydrogen) atoms. The zero-order valence-electron chi connectivity index (χ0n) is 14.3. The molecule has 2 aromatic carbocycles. The smallest absolute Gasteiger partial charge is 0.317 e. The Morgan fingerprint density at radius 3 is 2.22 bits per heavy atom. The van der Waals surface area contributed by atoms with E-state index in [1.807, 2.05) is 0 Å². The van der Waals surface area contributed by atoms with Crippen molar-refractivity contribution in [3.05, 3.63) is 48.0 Å². The molecule has 0 fully saturated rings. The number of ether oxygens (including phenoxy) is 1. The molecule has 9 nitrogen and oxygen atoms in total. The van der Waals surface area contributed by atoms with Crippen LogP contribution in [0.3, 0.4) is 0 Å². The highest BCUT2D eigenvalue weighted by Gasteiger charge is 2.18. The number of urea groups is 1. The molecule has 7 N–H and O–H groups in total. The number of aromatic amines is 1. The van der Waals surface area contributed by atoms with Gasteiger partial charge in [-0.25, -0.2) is 4.79 Å². The number of carbonyl (C=O) groups is 3. The maximum absolute atomic E-state index is 11.7. The fourth-order valence-electron chi connectivity index (χ4n) is 2.66. The summed E-state index contributed by atoms with van der Waals surface area (Å²) in [4.78, 5) is 36.8. The molecule has 3 aromatic rings. The number of amides is 4. The van der Waals surface area contributed by atoms with E-state index in [0.29, 0.717) is 28.1 Å². The Morgan fingerprint density at radius 1 is 0.963 bits per heavy atom. The Morgan fingerprint density at radius 2 is 1.63 bits per heavy atom. The Labute approximate surface area is 153 Å². The summed E-state index contributed by atoms with van der Waals surface area (Å²) in [6.07, 6.45) is 0. The number of benzene rings is 2. The predicted octanol–water partition coefficient (Wildman–Crippen LogP) is 2.51. The zero-order valence-corrected chi connectivity index (χ0v) is 14.3. The molecule has 0 bridgehead atoms. The number of carbonyl (C=O) groups excluding carboxylic acids is 3. The van der Waals surface area contributed by atoms with Gasteiger partial charge in [-0.3, -0.25) is 14.9 Å². The number of nitrogens with one attached hydrogen (secondary N) is 3. The van der Waals surface area contributed by atoms with Crippen LogP contribution in [0.4, 0.5) is 16.3 Å². The van der Waals surface area contributed by atoms with Gasteiger partial charge < -0.3 is 26.5 Å². The third-order valence-electron chi connectivity index (χ3n) is 3.68. The zero-order chi connectivity index (χ0) is 19.6. The van der Waals surface area contributed by atoms with E-state index in [9.17, 15) is 14.4 Å². The number of fused-ring (bicyclic) bond motifs is 1. The van der Waals surface area contributed by atoms with Crippen LogP contribution in [-0.2, 0) is 4.79 Å². The molecule has 0 radical (unpaired) electrons. The van der Waals surface area contributed by atoms with Gasteiger partial charge in [0.15, 0.2) is 0 Å². The van der Waals surface area contributed by atoms with E-state index >= 15 is 0 Å². The molecule has 0 spiro atoms. The van der Waals surface area contributed by atoms with Crippen LogP contribution in [0.15, 0.2) is 42.5 Å². The summed E-state index contributed by atoms with van der Waals surface area (Å²) in [6.45, 7) is 1.43. The number of hydrogen-bond acceptors (Lipinski definition) is 4. The van der Waals surface area contributed by atoms with Crippen LogP contribution in [0.5, 0.6) is 11.5 Å². The van der Waals surface area contributed by atoms with E-state index in [4.69, 9.17) is 16.2 Å². The summed E-state index contributed by atoms with van der Waals surface area (Å²) in [7, 11) is 0. The Balaban J connectivity index is 1.89. The van der Waals surface area contributed by atoms with E-state index in [0.717, 1.165) is 0 Å². The lowest BCUT2D eigenvalue weighted by atomic mass is 10.1. The lowest BCUT2D eigenvalue weighted by molar-refractivity contribution is -0.114. The van der Waals surface area contributed by atoms with Crippen LogP contribution in [0, 0.1) is 0 Å². The predicted molar refractivity (Wildman–Crippen MR) is 101 cm³/mol. The van der Waals surface area contributed by atoms with Gasteiger partial charge in [-0.15, -0.1) is 0 Å². The number of H-pyrrole nitrogens is 1. The molecule has 0 aliphatic rings. The van der Waals surface area contributed by atoms with Crippen LogP contribution in [0.25, 0.3) is 10.9 Å². The summed E-state index contributed by atoms with van der Waals surface area (Å²) >= 11 is 0. The molecule has 1 heterocycles. The average molecular weight is 367 g/mol. The second kappa shape index (κ2) is 7.08. The highest BCUT2D eigenvalue weighted by Crippen LogP contribution is 2.31. The molecule has 0 aliphatic carbocycles. The van der Waals surface area contributed by atoms with Gasteiger partial charge in [0.2, 0.25) is 5.91 Å². The minimum absolute atomic E-state index is 0.127. The van der Waals surface area contributed by atoms with Gasteiger partial charge in [0.1, 0.15) is 17.3 Å². The van der Waals surface area contributed by atoms with Gasteiger partial charge in [-0.1, -0.05) is 0 Å². The molecule has 4 amide bonds. The third kappa shape index (κ3) is 3.98. The molecule has 0 aliphatic heterocycles. The molecule has 138 valence electrons. The molecule has 0 saturated heterocycles. The standard InChI is InChI=1S/C18H17N5O4/c1-9(24)21-10-2-4-11(5-3-10)27-12-6-7-13-14(8-12)22-17(23-18(20)26)15(13)16(19)25/h2-8,22H,1H3,(H2,19,25)(H,21,24)(H3,20,23,26). The number of hydrogen-bond donors (Lipinski definition) is 5. The molecule has 0 saturated carbocycles. The quantitative estimate of drug-likeness (QED) is 0.470. The number of nitrogens with two attached hydrogens (primary N) is 2. The van der Waals surface area contributed by atoms with Crippen molar-refractivity contribution in [2.75, 3.05) is 10.6 Å². The first-order chi connectivity index (χ1) is 12.8. The third-order valence-corrected chi connectivity index (χ3v) is 3.68. The first-order valence-electron chi connectivity index (χ1n) is 7.91. The lowest BCUT2D eigenvalue weighted by Crippen LogP contribution is -2.22. The first kappa shape index (κ1) is 17.8. The van der Waals surface area contributed by atoms with E-state index in [-0.39, 0.29) is 17.3 Å². The number of rotatable bonds is 5. The second-order valence-corrected chi connectivity index (χ2v) is 5.74. The average Bonchev–Trinajstić information content (AvgIpc) is 2.92. The van der Waals surface area contributed by atoms with Crippen molar-refractivity contribution in [2.45, 2.75) is 6.92 Å². The van der Waals surface area contributed by atoms with Gasteiger partial charge in [0, 0.05) is 24.1 Å². The minimum Gasteiger partial charge on any atom is -0.457 e. The molecular formula is C18H17N5O4. The monoisotopic (exact) mass is 367 g/mol. The fourth-order valence-corrected chi connectivity index (χ4v) is 2.66. The Bertz CT molecular complexity index is 1040. The van der Waals surface area contributed by atoms with Crippen molar-refractivity contribution < 1.29 is 19.1 Å². The molecule has 0 unspecified atom stereocenters. The minimum atomic E-state index is -0.820. The highest BCUT2D eigenvalue weighted by atomic mass is 16.5. The van der Waals surface area contributed by atoms with Crippen LogP contribution in [-0.4, -0.2) is 22.8 Å². The van der Waals surface area contributed by atoms with Gasteiger partial charge in [-0.2, -0.15) is 0 Å². The SMILES string of the molecule is CC(=O)Nc1ccc(Oc2ccc3c(C(N)=O)c(NC(N)=O)[nH]c3c2)cc1. The summed E-state index contributed by atoms with van der Waals surface area (Å²) in [6, 6.07) is 11.0. The van der Waals surface area contributed by atoms with Gasteiger partial charge >= 0.3 is 6.03 Å². The lowest BCUT2D eigenvalue weighted by Gasteiger charge is -2.07. The van der Waals surface area contributed by atoms with Crippen LogP contribution in [0.1, 0.15) is 17.3 Å². The highest BCUT2D eigenvalue weighted by molar-refractivity contribution is 6.13. The van der Waals surface area contributed by atoms with Gasteiger partial charge in [-0.05, 0) is 36.4 Å². The number of aromatic nitrogens is 1. The molecule has 0 atom stereocenters. The summed E-state index contributed by atoms with van der Waals surface area (Å²) in [5, 5.41) is 5.54. The number of anilines is 2. The topological polar surface area (TPSA) is 152 Å². The largest absolute Gasteiger partial charge is 0.457 e. The van der Waals surface area contributed by atoms with E-state index in [1.165, 1.54) is 6.92 Å². The van der Waals surface area contributed by atoms with Crippen LogP contribution < -0.4 is 26.8 Å². The molecular weight excluding hydrogens is 350 g/mol. The van der Waals surface area contributed by atoms with Crippen molar-refractivity contribution in [1.29, 1.82) is 0 Å². The summed E-state index contributed by atoms with van der Waals surface area (Å²) < 4.78 is 5.78. The van der Waals surface area contributed by atoms with E-state index in [2.05, 4.69) is 15.6 Å². The van der Waals surface area contributed by atoms with Gasteiger partial charge in [0.05, 0.1) is 11.1 Å².